The van der Waals surface area contributed by atoms with Crippen molar-refractivity contribution in [2.45, 2.75) is 44.8 Å². The van der Waals surface area contributed by atoms with Gasteiger partial charge < -0.3 is 10.1 Å². The molecule has 0 amide bonds. The molecule has 3 N–H and O–H groups in total. The van der Waals surface area contributed by atoms with E-state index in [1.54, 1.807) is 0 Å². The van der Waals surface area contributed by atoms with Crippen molar-refractivity contribution in [1.82, 2.24) is 5.32 Å². The van der Waals surface area contributed by atoms with Gasteiger partial charge in [-0.15, -0.1) is 0 Å². The number of primary sulfonamides is 1. The van der Waals surface area contributed by atoms with E-state index in [-0.39, 0.29) is 5.75 Å². The van der Waals surface area contributed by atoms with E-state index in [0.29, 0.717) is 18.7 Å². The molecule has 0 aromatic rings. The van der Waals surface area contributed by atoms with Crippen molar-refractivity contribution in [1.29, 1.82) is 0 Å². The van der Waals surface area contributed by atoms with Crippen molar-refractivity contribution in [3.05, 3.63) is 0 Å². The molecular formula is C10H22N2O3S. The summed E-state index contributed by atoms with van der Waals surface area (Å²) in [4.78, 5) is 0. The zero-order valence-electron chi connectivity index (χ0n) is 9.81. The molecular weight excluding hydrogens is 228 g/mol. The first-order valence-electron chi connectivity index (χ1n) is 5.86. The topological polar surface area (TPSA) is 81.4 Å². The third kappa shape index (κ3) is 5.79. The van der Waals surface area contributed by atoms with Crippen molar-refractivity contribution in [2.75, 3.05) is 18.9 Å². The fourth-order valence-electron chi connectivity index (χ4n) is 1.99. The number of hydrogen-bond acceptors (Lipinski definition) is 4. The Morgan fingerprint density at radius 2 is 2.25 bits per heavy atom. The molecule has 16 heavy (non-hydrogen) atoms. The first-order chi connectivity index (χ1) is 7.51. The van der Waals surface area contributed by atoms with Crippen LogP contribution in [0.15, 0.2) is 0 Å². The number of hydrogen-bond donors (Lipinski definition) is 2. The minimum Gasteiger partial charge on any atom is -0.378 e. The average molecular weight is 250 g/mol. The standard InChI is InChI=1S/C10H22N2O3S/c1-2-3-10-8-9(4-6-15-10)12-5-7-16(11,13)14/h9-10,12H,2-8H2,1H3,(H2,11,13,14). The van der Waals surface area contributed by atoms with Crippen LogP contribution in [0.3, 0.4) is 0 Å². The third-order valence-corrected chi connectivity index (χ3v) is 3.57. The molecule has 1 fully saturated rings. The molecule has 1 aliphatic heterocycles. The lowest BCUT2D eigenvalue weighted by molar-refractivity contribution is -0.00278. The number of nitrogens with one attached hydrogen (secondary N) is 1. The fourth-order valence-corrected chi connectivity index (χ4v) is 2.40. The maximum absolute atomic E-state index is 10.8. The van der Waals surface area contributed by atoms with E-state index in [0.717, 1.165) is 32.3 Å². The lowest BCUT2D eigenvalue weighted by Gasteiger charge is -2.30. The lowest BCUT2D eigenvalue weighted by Crippen LogP contribution is -2.41. The number of nitrogens with two attached hydrogens (primary N) is 1. The summed E-state index contributed by atoms with van der Waals surface area (Å²) in [7, 11) is -3.34. The Labute approximate surface area is 97.8 Å². The largest absolute Gasteiger partial charge is 0.378 e. The highest BCUT2D eigenvalue weighted by Crippen LogP contribution is 2.17. The van der Waals surface area contributed by atoms with Crippen LogP contribution in [0.25, 0.3) is 0 Å². The predicted octanol–water partition coefficient (Wildman–Crippen LogP) is 0.212. The van der Waals surface area contributed by atoms with E-state index in [1.807, 2.05) is 0 Å². The summed E-state index contributed by atoms with van der Waals surface area (Å²) in [6, 6.07) is 0.368. The molecule has 0 saturated carbocycles. The normalized spacial score (nSPS) is 26.9. The Kier molecular flexibility index (Phi) is 5.68. The molecule has 6 heteroatoms. The molecule has 2 unspecified atom stereocenters. The number of sulfonamides is 1. The van der Waals surface area contributed by atoms with E-state index in [1.165, 1.54) is 0 Å². The molecule has 1 saturated heterocycles. The van der Waals surface area contributed by atoms with Gasteiger partial charge in [0, 0.05) is 19.2 Å². The third-order valence-electron chi connectivity index (χ3n) is 2.80. The van der Waals surface area contributed by atoms with Gasteiger partial charge in [-0.05, 0) is 19.3 Å². The van der Waals surface area contributed by atoms with Gasteiger partial charge in [0.15, 0.2) is 0 Å². The van der Waals surface area contributed by atoms with Crippen LogP contribution < -0.4 is 10.5 Å². The summed E-state index contributed by atoms with van der Waals surface area (Å²) in [6.45, 7) is 3.33. The summed E-state index contributed by atoms with van der Waals surface area (Å²) >= 11 is 0. The molecule has 2 atom stereocenters. The number of rotatable bonds is 6. The minimum absolute atomic E-state index is 0.00278. The van der Waals surface area contributed by atoms with Crippen LogP contribution >= 0.6 is 0 Å². The Hall–Kier alpha value is -0.170. The van der Waals surface area contributed by atoms with Gasteiger partial charge in [0.05, 0.1) is 11.9 Å². The van der Waals surface area contributed by atoms with Crippen LogP contribution in [0.1, 0.15) is 32.6 Å². The van der Waals surface area contributed by atoms with Crippen LogP contribution in [-0.4, -0.2) is 39.5 Å². The molecule has 0 aliphatic carbocycles. The SMILES string of the molecule is CCCC1CC(NCCS(N)(=O)=O)CCO1. The maximum Gasteiger partial charge on any atom is 0.210 e. The molecule has 0 bridgehead atoms. The van der Waals surface area contributed by atoms with E-state index in [9.17, 15) is 8.42 Å². The molecule has 0 radical (unpaired) electrons. The first-order valence-corrected chi connectivity index (χ1v) is 7.58. The van der Waals surface area contributed by atoms with Crippen molar-refractivity contribution in [3.63, 3.8) is 0 Å². The second-order valence-corrected chi connectivity index (χ2v) is 6.06. The van der Waals surface area contributed by atoms with Crippen molar-refractivity contribution < 1.29 is 13.2 Å². The van der Waals surface area contributed by atoms with Crippen molar-refractivity contribution >= 4 is 10.0 Å². The van der Waals surface area contributed by atoms with Gasteiger partial charge in [0.1, 0.15) is 0 Å². The first kappa shape index (κ1) is 13.9. The molecule has 1 aliphatic rings. The number of ether oxygens (including phenoxy) is 1. The van der Waals surface area contributed by atoms with E-state index in [2.05, 4.69) is 12.2 Å². The van der Waals surface area contributed by atoms with Gasteiger partial charge in [-0.25, -0.2) is 13.6 Å². The molecule has 5 nitrogen and oxygen atoms in total. The highest BCUT2D eigenvalue weighted by molar-refractivity contribution is 7.89. The summed E-state index contributed by atoms with van der Waals surface area (Å²) in [5.74, 6) is 0.00278. The van der Waals surface area contributed by atoms with E-state index < -0.39 is 10.0 Å². The summed E-state index contributed by atoms with van der Waals surface area (Å²) < 4.78 is 27.1. The van der Waals surface area contributed by atoms with Gasteiger partial charge in [0.2, 0.25) is 10.0 Å². The second-order valence-electron chi connectivity index (χ2n) is 4.32. The summed E-state index contributed by atoms with van der Waals surface area (Å²) in [5.41, 5.74) is 0. The lowest BCUT2D eigenvalue weighted by atomic mass is 10.0. The van der Waals surface area contributed by atoms with Gasteiger partial charge in [-0.3, -0.25) is 0 Å². The molecule has 0 aromatic carbocycles. The fraction of sp³-hybridized carbons (Fsp3) is 1.00. The Morgan fingerprint density at radius 3 is 2.88 bits per heavy atom. The average Bonchev–Trinajstić information content (AvgIpc) is 2.17. The maximum atomic E-state index is 10.8. The van der Waals surface area contributed by atoms with Crippen molar-refractivity contribution in [2.24, 2.45) is 5.14 Å². The van der Waals surface area contributed by atoms with Gasteiger partial charge in [-0.2, -0.15) is 0 Å². The highest BCUT2D eigenvalue weighted by atomic mass is 32.2. The van der Waals surface area contributed by atoms with Crippen LogP contribution in [0.2, 0.25) is 0 Å². The van der Waals surface area contributed by atoms with E-state index in [4.69, 9.17) is 9.88 Å². The molecule has 0 spiro atoms. The zero-order valence-corrected chi connectivity index (χ0v) is 10.6. The minimum atomic E-state index is -3.34. The molecule has 1 rings (SSSR count). The molecule has 0 aromatic heterocycles. The van der Waals surface area contributed by atoms with Gasteiger partial charge in [-0.1, -0.05) is 13.3 Å². The summed E-state index contributed by atoms with van der Waals surface area (Å²) in [6.07, 6.45) is 4.44. The van der Waals surface area contributed by atoms with Crippen LogP contribution in [0.4, 0.5) is 0 Å². The van der Waals surface area contributed by atoms with E-state index >= 15 is 0 Å². The van der Waals surface area contributed by atoms with Crippen LogP contribution in [-0.2, 0) is 14.8 Å². The van der Waals surface area contributed by atoms with Gasteiger partial charge in [0.25, 0.3) is 0 Å². The summed E-state index contributed by atoms with van der Waals surface area (Å²) in [5, 5.41) is 8.16. The molecule has 1 heterocycles. The van der Waals surface area contributed by atoms with Crippen LogP contribution in [0, 0.1) is 0 Å². The molecule has 96 valence electrons. The van der Waals surface area contributed by atoms with Crippen molar-refractivity contribution in [3.8, 4) is 0 Å². The quantitative estimate of drug-likeness (QED) is 0.706. The monoisotopic (exact) mass is 250 g/mol. The Morgan fingerprint density at radius 1 is 1.50 bits per heavy atom. The Bertz CT molecular complexity index is 290. The van der Waals surface area contributed by atoms with Gasteiger partial charge >= 0.3 is 0 Å². The van der Waals surface area contributed by atoms with Crippen LogP contribution in [0.5, 0.6) is 0 Å². The predicted molar refractivity (Wildman–Crippen MR) is 63.6 cm³/mol. The highest BCUT2D eigenvalue weighted by Gasteiger charge is 2.21. The zero-order chi connectivity index (χ0) is 12.0. The smallest absolute Gasteiger partial charge is 0.210 e. The Balaban J connectivity index is 2.21. The second kappa shape index (κ2) is 6.54.